The van der Waals surface area contributed by atoms with Crippen LogP contribution in [0.3, 0.4) is 0 Å². The molecule has 0 aliphatic carbocycles. The van der Waals surface area contributed by atoms with E-state index in [4.69, 9.17) is 0 Å². The van der Waals surface area contributed by atoms with Gasteiger partial charge >= 0.3 is 0 Å². The molecule has 1 atom stereocenters. The monoisotopic (exact) mass is 260 g/mol. The zero-order valence-corrected chi connectivity index (χ0v) is 12.0. The molecule has 1 saturated heterocycles. The van der Waals surface area contributed by atoms with Gasteiger partial charge in [-0.2, -0.15) is 0 Å². The van der Waals surface area contributed by atoms with Crippen molar-refractivity contribution in [3.05, 3.63) is 35.4 Å². The summed E-state index contributed by atoms with van der Waals surface area (Å²) >= 11 is 0. The lowest BCUT2D eigenvalue weighted by Crippen LogP contribution is -2.41. The third-order valence-corrected chi connectivity index (χ3v) is 3.84. The fourth-order valence-corrected chi connectivity index (χ4v) is 2.63. The first-order valence-electron chi connectivity index (χ1n) is 7.27. The molecule has 0 aromatic heterocycles. The molecular weight excluding hydrogens is 236 g/mol. The molecule has 0 radical (unpaired) electrons. The van der Waals surface area contributed by atoms with Crippen molar-refractivity contribution in [3.63, 3.8) is 0 Å². The molecule has 19 heavy (non-hydrogen) atoms. The van der Waals surface area contributed by atoms with Gasteiger partial charge < -0.3 is 10.2 Å². The second-order valence-electron chi connectivity index (χ2n) is 5.42. The van der Waals surface area contributed by atoms with Gasteiger partial charge in [-0.3, -0.25) is 4.79 Å². The number of nitrogens with zero attached hydrogens (tertiary/aromatic N) is 1. The number of carbonyl (C=O) groups is 1. The van der Waals surface area contributed by atoms with Crippen molar-refractivity contribution < 1.29 is 4.79 Å². The summed E-state index contributed by atoms with van der Waals surface area (Å²) < 4.78 is 0. The van der Waals surface area contributed by atoms with Crippen LogP contribution in [-0.2, 0) is 0 Å². The van der Waals surface area contributed by atoms with Crippen LogP contribution < -0.4 is 5.32 Å². The summed E-state index contributed by atoms with van der Waals surface area (Å²) in [5.74, 6) is 0.760. The van der Waals surface area contributed by atoms with Crippen LogP contribution in [0.1, 0.15) is 35.7 Å². The number of hydrogen-bond donors (Lipinski definition) is 1. The molecule has 1 aliphatic rings. The van der Waals surface area contributed by atoms with Gasteiger partial charge in [0.05, 0.1) is 0 Å². The molecule has 1 amide bonds. The Labute approximate surface area is 116 Å². The average Bonchev–Trinajstić information content (AvgIpc) is 2.46. The van der Waals surface area contributed by atoms with Crippen LogP contribution in [0.25, 0.3) is 0 Å². The van der Waals surface area contributed by atoms with Gasteiger partial charge in [-0.25, -0.2) is 0 Å². The van der Waals surface area contributed by atoms with E-state index in [0.29, 0.717) is 5.92 Å². The lowest BCUT2D eigenvalue weighted by Gasteiger charge is -2.29. The SMILES string of the molecule is CCN(CC1CCCNC1)C(=O)c1ccc(C)cc1. The maximum atomic E-state index is 12.5. The van der Waals surface area contributed by atoms with Crippen LogP contribution in [0.15, 0.2) is 24.3 Å². The predicted octanol–water partition coefficient (Wildman–Crippen LogP) is 2.46. The molecule has 1 heterocycles. The number of amides is 1. The molecule has 1 N–H and O–H groups in total. The van der Waals surface area contributed by atoms with E-state index in [9.17, 15) is 4.79 Å². The van der Waals surface area contributed by atoms with Crippen LogP contribution >= 0.6 is 0 Å². The van der Waals surface area contributed by atoms with Crippen molar-refractivity contribution in [2.75, 3.05) is 26.2 Å². The van der Waals surface area contributed by atoms with Gasteiger partial charge in [0.1, 0.15) is 0 Å². The summed E-state index contributed by atoms with van der Waals surface area (Å²) in [5, 5.41) is 3.41. The van der Waals surface area contributed by atoms with Crippen molar-refractivity contribution in [3.8, 4) is 0 Å². The van der Waals surface area contributed by atoms with E-state index in [-0.39, 0.29) is 5.91 Å². The average molecular weight is 260 g/mol. The second kappa shape index (κ2) is 6.71. The van der Waals surface area contributed by atoms with Crippen LogP contribution in [0.5, 0.6) is 0 Å². The lowest BCUT2D eigenvalue weighted by atomic mass is 9.98. The summed E-state index contributed by atoms with van der Waals surface area (Å²) in [7, 11) is 0. The third kappa shape index (κ3) is 3.80. The topological polar surface area (TPSA) is 32.3 Å². The summed E-state index contributed by atoms with van der Waals surface area (Å²) in [6.07, 6.45) is 2.45. The Balaban J connectivity index is 1.99. The summed E-state index contributed by atoms with van der Waals surface area (Å²) in [6.45, 7) is 7.91. The van der Waals surface area contributed by atoms with Crippen molar-refractivity contribution in [1.29, 1.82) is 0 Å². The summed E-state index contributed by atoms with van der Waals surface area (Å²) in [4.78, 5) is 14.4. The first kappa shape index (κ1) is 14.1. The first-order valence-corrected chi connectivity index (χ1v) is 7.27. The van der Waals surface area contributed by atoms with Crippen LogP contribution in [0.2, 0.25) is 0 Å². The predicted molar refractivity (Wildman–Crippen MR) is 78.4 cm³/mol. The zero-order valence-electron chi connectivity index (χ0n) is 12.0. The molecule has 1 aliphatic heterocycles. The molecule has 1 unspecified atom stereocenters. The number of nitrogens with one attached hydrogen (secondary N) is 1. The quantitative estimate of drug-likeness (QED) is 0.902. The molecule has 0 spiro atoms. The highest BCUT2D eigenvalue weighted by molar-refractivity contribution is 5.94. The highest BCUT2D eigenvalue weighted by Crippen LogP contribution is 2.14. The largest absolute Gasteiger partial charge is 0.339 e. The van der Waals surface area contributed by atoms with Gasteiger partial charge in [0.2, 0.25) is 0 Å². The highest BCUT2D eigenvalue weighted by atomic mass is 16.2. The fraction of sp³-hybridized carbons (Fsp3) is 0.562. The van der Waals surface area contributed by atoms with Crippen LogP contribution in [0.4, 0.5) is 0 Å². The minimum absolute atomic E-state index is 0.160. The maximum absolute atomic E-state index is 12.5. The van der Waals surface area contributed by atoms with Gasteiger partial charge in [-0.15, -0.1) is 0 Å². The minimum atomic E-state index is 0.160. The summed E-state index contributed by atoms with van der Waals surface area (Å²) in [6, 6.07) is 7.87. The number of carbonyl (C=O) groups excluding carboxylic acids is 1. The zero-order chi connectivity index (χ0) is 13.7. The van der Waals surface area contributed by atoms with Crippen LogP contribution in [0, 0.1) is 12.8 Å². The van der Waals surface area contributed by atoms with Gasteiger partial charge in [-0.1, -0.05) is 17.7 Å². The first-order chi connectivity index (χ1) is 9.20. The van der Waals surface area contributed by atoms with Crippen molar-refractivity contribution in [1.82, 2.24) is 10.2 Å². The Morgan fingerprint density at radius 2 is 2.11 bits per heavy atom. The number of benzene rings is 1. The van der Waals surface area contributed by atoms with E-state index in [1.807, 2.05) is 36.1 Å². The Bertz CT molecular complexity index is 407. The van der Waals surface area contributed by atoms with Crippen molar-refractivity contribution in [2.45, 2.75) is 26.7 Å². The highest BCUT2D eigenvalue weighted by Gasteiger charge is 2.20. The normalized spacial score (nSPS) is 19.2. The molecule has 3 nitrogen and oxygen atoms in total. The van der Waals surface area contributed by atoms with Crippen LogP contribution in [-0.4, -0.2) is 37.0 Å². The molecule has 1 aromatic carbocycles. The van der Waals surface area contributed by atoms with E-state index in [0.717, 1.165) is 31.7 Å². The molecule has 3 heteroatoms. The number of aryl methyl sites for hydroxylation is 1. The lowest BCUT2D eigenvalue weighted by molar-refractivity contribution is 0.0729. The van der Waals surface area contributed by atoms with Gasteiger partial charge in [0.25, 0.3) is 5.91 Å². The summed E-state index contributed by atoms with van der Waals surface area (Å²) in [5.41, 5.74) is 1.99. The standard InChI is InChI=1S/C16H24N2O/c1-3-18(12-14-5-4-10-17-11-14)16(19)15-8-6-13(2)7-9-15/h6-9,14,17H,3-5,10-12H2,1-2H3. The van der Waals surface area contributed by atoms with E-state index >= 15 is 0 Å². The number of piperidine rings is 1. The molecule has 0 saturated carbocycles. The Morgan fingerprint density at radius 3 is 2.68 bits per heavy atom. The number of hydrogen-bond acceptors (Lipinski definition) is 2. The van der Waals surface area contributed by atoms with E-state index in [1.165, 1.54) is 18.4 Å². The van der Waals surface area contributed by atoms with Crippen molar-refractivity contribution in [2.24, 2.45) is 5.92 Å². The third-order valence-electron chi connectivity index (χ3n) is 3.84. The minimum Gasteiger partial charge on any atom is -0.339 e. The fourth-order valence-electron chi connectivity index (χ4n) is 2.63. The molecule has 1 fully saturated rings. The maximum Gasteiger partial charge on any atom is 0.253 e. The molecule has 0 bridgehead atoms. The Kier molecular flexibility index (Phi) is 4.97. The number of rotatable bonds is 4. The van der Waals surface area contributed by atoms with Gasteiger partial charge in [-0.05, 0) is 57.8 Å². The Morgan fingerprint density at radius 1 is 1.37 bits per heavy atom. The smallest absolute Gasteiger partial charge is 0.253 e. The van der Waals surface area contributed by atoms with E-state index < -0.39 is 0 Å². The molecule has 2 rings (SSSR count). The van der Waals surface area contributed by atoms with E-state index in [2.05, 4.69) is 12.2 Å². The van der Waals surface area contributed by atoms with Gasteiger partial charge in [0, 0.05) is 18.7 Å². The molecule has 1 aromatic rings. The van der Waals surface area contributed by atoms with Gasteiger partial charge in [0.15, 0.2) is 0 Å². The molecule has 104 valence electrons. The second-order valence-corrected chi connectivity index (χ2v) is 5.42. The van der Waals surface area contributed by atoms with Crippen molar-refractivity contribution >= 4 is 5.91 Å². The Hall–Kier alpha value is -1.35. The molecular formula is C16H24N2O. The van der Waals surface area contributed by atoms with E-state index in [1.54, 1.807) is 0 Å².